The predicted octanol–water partition coefficient (Wildman–Crippen LogP) is 12.5. The van der Waals surface area contributed by atoms with Crippen molar-refractivity contribution in [3.05, 3.63) is 89.0 Å². The van der Waals surface area contributed by atoms with Crippen molar-refractivity contribution in [3.8, 4) is 45.7 Å². The zero-order valence-electron chi connectivity index (χ0n) is 34.9. The van der Waals surface area contributed by atoms with Gasteiger partial charge in [-0.3, -0.25) is 0 Å². The molecule has 0 bridgehead atoms. The van der Waals surface area contributed by atoms with Crippen LogP contribution in [0.4, 0.5) is 0 Å². The molecule has 3 aromatic carbocycles. The molecule has 2 N–H and O–H groups in total. The fraction of sp³-hybridized carbons (Fsp3) is 0.511. The SMILES string of the molecule is C=C(C)C.CC.CCCCCCCCCCCCCOCC(O)COc1ccc(-c2nc(-c3ccc(C)cc3C)nc(-c3ccc(C)cc3C)n2)c(O)c1. The van der Waals surface area contributed by atoms with Gasteiger partial charge in [0.15, 0.2) is 17.5 Å². The number of unbranched alkanes of at least 4 members (excludes halogenated alkanes) is 10. The Morgan fingerprint density at radius 1 is 0.630 bits per heavy atom. The van der Waals surface area contributed by atoms with Crippen molar-refractivity contribution in [1.29, 1.82) is 0 Å². The highest BCUT2D eigenvalue weighted by atomic mass is 16.5. The summed E-state index contributed by atoms with van der Waals surface area (Å²) in [6.07, 6.45) is 13.4. The molecule has 54 heavy (non-hydrogen) atoms. The number of hydrogen-bond acceptors (Lipinski definition) is 7. The summed E-state index contributed by atoms with van der Waals surface area (Å²) in [6.45, 7) is 22.9. The molecule has 0 radical (unpaired) electrons. The zero-order valence-corrected chi connectivity index (χ0v) is 34.9. The zero-order chi connectivity index (χ0) is 39.9. The maximum Gasteiger partial charge on any atom is 0.167 e. The number of aromatic hydroxyl groups is 1. The average Bonchev–Trinajstić information content (AvgIpc) is 3.13. The second-order valence-corrected chi connectivity index (χ2v) is 14.4. The van der Waals surface area contributed by atoms with Crippen molar-refractivity contribution in [2.24, 2.45) is 0 Å². The molecule has 0 amide bonds. The van der Waals surface area contributed by atoms with E-state index in [4.69, 9.17) is 24.4 Å². The highest BCUT2D eigenvalue weighted by Crippen LogP contribution is 2.34. The number of hydrogen-bond donors (Lipinski definition) is 2. The van der Waals surface area contributed by atoms with Gasteiger partial charge in [-0.2, -0.15) is 0 Å². The first kappa shape index (κ1) is 46.1. The Balaban J connectivity index is 0.00000157. The number of rotatable bonds is 20. The number of nitrogens with zero attached hydrogens (tertiary/aromatic N) is 3. The molecule has 7 nitrogen and oxygen atoms in total. The number of aliphatic hydroxyl groups excluding tert-OH is 1. The van der Waals surface area contributed by atoms with Gasteiger partial charge < -0.3 is 19.7 Å². The van der Waals surface area contributed by atoms with E-state index >= 15 is 0 Å². The summed E-state index contributed by atoms with van der Waals surface area (Å²) in [5.41, 5.74) is 7.91. The molecule has 4 rings (SSSR count). The Bertz CT molecular complexity index is 1610. The number of aliphatic hydroxyl groups is 1. The maximum atomic E-state index is 11.1. The minimum absolute atomic E-state index is 0.0147. The van der Waals surface area contributed by atoms with Crippen LogP contribution < -0.4 is 4.74 Å². The Morgan fingerprint density at radius 2 is 1.06 bits per heavy atom. The van der Waals surface area contributed by atoms with E-state index in [-0.39, 0.29) is 19.0 Å². The largest absolute Gasteiger partial charge is 0.507 e. The lowest BCUT2D eigenvalue weighted by Gasteiger charge is -2.14. The molecule has 1 atom stereocenters. The van der Waals surface area contributed by atoms with Crippen molar-refractivity contribution in [3.63, 3.8) is 0 Å². The number of benzene rings is 3. The lowest BCUT2D eigenvalue weighted by Crippen LogP contribution is -2.23. The maximum absolute atomic E-state index is 11.1. The molecule has 1 aromatic heterocycles. The van der Waals surface area contributed by atoms with E-state index in [0.29, 0.717) is 35.4 Å². The third-order valence-electron chi connectivity index (χ3n) is 8.74. The highest BCUT2D eigenvalue weighted by molar-refractivity contribution is 5.72. The molecule has 7 heteroatoms. The van der Waals surface area contributed by atoms with Crippen LogP contribution in [0.3, 0.4) is 0 Å². The van der Waals surface area contributed by atoms with Gasteiger partial charge in [-0.25, -0.2) is 15.0 Å². The summed E-state index contributed by atoms with van der Waals surface area (Å²) >= 11 is 0. The lowest BCUT2D eigenvalue weighted by atomic mass is 10.0. The molecule has 0 aliphatic rings. The normalized spacial score (nSPS) is 11.2. The minimum Gasteiger partial charge on any atom is -0.507 e. The average molecular weight is 740 g/mol. The van der Waals surface area contributed by atoms with E-state index in [1.54, 1.807) is 12.1 Å². The number of phenols is 1. The Kier molecular flexibility index (Phi) is 22.1. The van der Waals surface area contributed by atoms with Crippen LogP contribution in [-0.2, 0) is 4.74 Å². The molecule has 0 spiro atoms. The Labute approximate surface area is 327 Å². The van der Waals surface area contributed by atoms with Crippen molar-refractivity contribution >= 4 is 0 Å². The fourth-order valence-electron chi connectivity index (χ4n) is 5.98. The third kappa shape index (κ3) is 16.9. The lowest BCUT2D eigenvalue weighted by molar-refractivity contribution is 0.0109. The predicted molar refractivity (Wildman–Crippen MR) is 227 cm³/mol. The molecule has 0 saturated heterocycles. The molecule has 0 aliphatic carbocycles. The van der Waals surface area contributed by atoms with Crippen molar-refractivity contribution < 1.29 is 19.7 Å². The van der Waals surface area contributed by atoms with Gasteiger partial charge in [0.05, 0.1) is 12.2 Å². The molecule has 296 valence electrons. The monoisotopic (exact) mass is 740 g/mol. The van der Waals surface area contributed by atoms with Gasteiger partial charge in [0.25, 0.3) is 0 Å². The first-order valence-electron chi connectivity index (χ1n) is 20.2. The molecule has 4 aromatic rings. The summed E-state index contributed by atoms with van der Waals surface area (Å²) in [7, 11) is 0. The summed E-state index contributed by atoms with van der Waals surface area (Å²) < 4.78 is 11.5. The van der Waals surface area contributed by atoms with Gasteiger partial charge >= 0.3 is 0 Å². The number of aryl methyl sites for hydroxylation is 4. The summed E-state index contributed by atoms with van der Waals surface area (Å²) in [6, 6.07) is 17.4. The van der Waals surface area contributed by atoms with Gasteiger partial charge in [0.1, 0.15) is 24.2 Å². The summed E-state index contributed by atoms with van der Waals surface area (Å²) in [5.74, 6) is 1.89. The molecule has 0 fully saturated rings. The van der Waals surface area contributed by atoms with E-state index in [0.717, 1.165) is 46.2 Å². The van der Waals surface area contributed by atoms with Gasteiger partial charge in [0, 0.05) is 23.8 Å². The number of ether oxygens (including phenoxy) is 2. The van der Waals surface area contributed by atoms with Gasteiger partial charge in [-0.1, -0.05) is 138 Å². The van der Waals surface area contributed by atoms with Crippen LogP contribution in [0.2, 0.25) is 0 Å². The van der Waals surface area contributed by atoms with E-state index in [1.165, 1.54) is 69.4 Å². The Hall–Kier alpha value is -4.07. The quantitative estimate of drug-likeness (QED) is 0.0688. The van der Waals surface area contributed by atoms with Crippen LogP contribution in [0, 0.1) is 27.7 Å². The van der Waals surface area contributed by atoms with Crippen LogP contribution in [-0.4, -0.2) is 51.1 Å². The second-order valence-electron chi connectivity index (χ2n) is 14.4. The Morgan fingerprint density at radius 3 is 1.50 bits per heavy atom. The number of aromatic nitrogens is 3. The summed E-state index contributed by atoms with van der Waals surface area (Å²) in [5, 5.41) is 21.5. The molecule has 1 unspecified atom stereocenters. The first-order valence-corrected chi connectivity index (χ1v) is 20.2. The number of phenolic OH excluding ortho intramolecular Hbond substituents is 1. The molecule has 0 aliphatic heterocycles. The highest BCUT2D eigenvalue weighted by Gasteiger charge is 2.18. The summed E-state index contributed by atoms with van der Waals surface area (Å²) in [4.78, 5) is 14.5. The smallest absolute Gasteiger partial charge is 0.167 e. The van der Waals surface area contributed by atoms with Crippen LogP contribution >= 0.6 is 0 Å². The molecule has 1 heterocycles. The third-order valence-corrected chi connectivity index (χ3v) is 8.74. The molecule has 0 saturated carbocycles. The van der Waals surface area contributed by atoms with Crippen LogP contribution in [0.25, 0.3) is 34.2 Å². The second kappa shape index (κ2) is 25.9. The standard InChI is InChI=1S/C41H55N3O4.C4H8.C2H6/c1-6-7-8-9-10-11-12-13-14-15-16-23-47-27-33(45)28-48-34-19-22-37(38(46)26-34)41-43-39(35-20-17-29(2)24-31(35)4)42-40(44-41)36-21-18-30(3)25-32(36)5;1-4(2)3;1-2/h17-22,24-26,33,45-46H,6-16,23,27-28H2,1-5H3;1H2,2-3H3;1-2H3. The van der Waals surface area contributed by atoms with E-state index in [9.17, 15) is 10.2 Å². The van der Waals surface area contributed by atoms with Crippen molar-refractivity contribution in [2.75, 3.05) is 19.8 Å². The van der Waals surface area contributed by atoms with Crippen molar-refractivity contribution in [2.45, 2.75) is 139 Å². The van der Waals surface area contributed by atoms with Gasteiger partial charge in [0.2, 0.25) is 0 Å². The molecular formula is C47H69N3O4. The van der Waals surface area contributed by atoms with Crippen molar-refractivity contribution in [1.82, 2.24) is 15.0 Å². The first-order chi connectivity index (χ1) is 26.0. The minimum atomic E-state index is -0.760. The van der Waals surface area contributed by atoms with E-state index in [2.05, 4.69) is 39.5 Å². The van der Waals surface area contributed by atoms with Crippen LogP contribution in [0.15, 0.2) is 66.7 Å². The van der Waals surface area contributed by atoms with E-state index < -0.39 is 6.10 Å². The van der Waals surface area contributed by atoms with Crippen LogP contribution in [0.5, 0.6) is 11.5 Å². The topological polar surface area (TPSA) is 97.6 Å². The van der Waals surface area contributed by atoms with Gasteiger partial charge in [-0.15, -0.1) is 6.58 Å². The fourth-order valence-corrected chi connectivity index (χ4v) is 5.98. The van der Waals surface area contributed by atoms with E-state index in [1.807, 2.05) is 65.8 Å². The number of allylic oxidation sites excluding steroid dienone is 1. The van der Waals surface area contributed by atoms with Crippen LogP contribution in [0.1, 0.15) is 128 Å². The molecular weight excluding hydrogens is 671 g/mol. The van der Waals surface area contributed by atoms with Gasteiger partial charge in [-0.05, 0) is 71.2 Å².